The van der Waals surface area contributed by atoms with Crippen LogP contribution in [0.2, 0.25) is 0 Å². The Morgan fingerprint density at radius 2 is 1.00 bits per heavy atom. The number of carbonyl (C=O) groups is 4. The number of alkyl carbamates (subject to hydrolysis) is 2. The fraction of sp³-hybridized carbons (Fsp3) is 0.478. The fourth-order valence-electron chi connectivity index (χ4n) is 7.03. The highest BCUT2D eigenvalue weighted by Gasteiger charge is 2.43. The number of imidazole rings is 2. The van der Waals surface area contributed by atoms with Crippen LogP contribution in [0.5, 0.6) is 0 Å². The van der Waals surface area contributed by atoms with Crippen molar-refractivity contribution in [3.63, 3.8) is 0 Å². The van der Waals surface area contributed by atoms with Crippen molar-refractivity contribution < 1.29 is 28.7 Å². The van der Waals surface area contributed by atoms with Gasteiger partial charge in [-0.2, -0.15) is 0 Å². The number of H-pyrrole nitrogens is 2. The Labute approximate surface area is 352 Å². The molecule has 318 valence electrons. The van der Waals surface area contributed by atoms with Gasteiger partial charge in [-0.25, -0.2) is 19.6 Å². The SMILES string of the molecule is COC(=O)NC(C(=O)N(Cc1ncc(-c2ccc(C#Cc3ccc(-c4cnc(CN(CC5(C)CC5)C(=O)C(NC(=O)OC)C(C)C)[nH]4)cc3)cc2)[nH]1)CC1(C)CC1)C(C)C. The highest BCUT2D eigenvalue weighted by atomic mass is 16.5. The normalized spacial score (nSPS) is 15.6. The summed E-state index contributed by atoms with van der Waals surface area (Å²) < 4.78 is 9.57. The first kappa shape index (κ1) is 43.5. The minimum Gasteiger partial charge on any atom is -0.453 e. The van der Waals surface area contributed by atoms with E-state index in [1.165, 1.54) is 14.2 Å². The van der Waals surface area contributed by atoms with Crippen LogP contribution in [-0.4, -0.2) is 93.1 Å². The molecule has 0 bridgehead atoms. The lowest BCUT2D eigenvalue weighted by molar-refractivity contribution is -0.136. The van der Waals surface area contributed by atoms with E-state index in [1.807, 2.05) is 76.2 Å². The number of hydrogen-bond acceptors (Lipinski definition) is 8. The van der Waals surface area contributed by atoms with Gasteiger partial charge in [-0.15, -0.1) is 0 Å². The Hall–Kier alpha value is -6.10. The van der Waals surface area contributed by atoms with E-state index in [1.54, 1.807) is 22.2 Å². The van der Waals surface area contributed by atoms with Crippen LogP contribution in [0.3, 0.4) is 0 Å². The summed E-state index contributed by atoms with van der Waals surface area (Å²) in [5, 5.41) is 5.42. The molecule has 14 nitrogen and oxygen atoms in total. The van der Waals surface area contributed by atoms with Crippen molar-refractivity contribution >= 4 is 24.0 Å². The van der Waals surface area contributed by atoms with E-state index in [-0.39, 0.29) is 34.5 Å². The minimum absolute atomic E-state index is 0.0622. The molecule has 2 aliphatic carbocycles. The first-order valence-electron chi connectivity index (χ1n) is 20.6. The molecule has 4 N–H and O–H groups in total. The third kappa shape index (κ3) is 11.3. The van der Waals surface area contributed by atoms with E-state index in [4.69, 9.17) is 9.47 Å². The Bertz CT molecular complexity index is 2050. The van der Waals surface area contributed by atoms with Gasteiger partial charge in [0.25, 0.3) is 0 Å². The Balaban J connectivity index is 1.08. The minimum atomic E-state index is -0.712. The standard InChI is InChI=1S/C46H58N8O6/c1-29(2)39(51-43(57)59-7)41(55)53(27-45(5)19-20-45)25-37-47-23-35(49-37)33-15-11-31(12-16-33)9-10-32-13-17-34(18-14-32)36-24-48-38(50-36)26-54(28-46(6)21-22-46)42(56)40(30(3)4)52-44(58)60-8/h11-18,23-24,29-30,39-40H,19-22,25-28H2,1-8H3,(H,47,49)(H,48,50)(H,51,57)(H,52,58). The number of aromatic amines is 2. The lowest BCUT2D eigenvalue weighted by Gasteiger charge is -2.31. The van der Waals surface area contributed by atoms with Crippen molar-refractivity contribution in [2.24, 2.45) is 22.7 Å². The zero-order valence-corrected chi connectivity index (χ0v) is 36.0. The molecule has 2 aliphatic rings. The van der Waals surface area contributed by atoms with E-state index in [0.29, 0.717) is 37.8 Å². The number of carbonyl (C=O) groups excluding carboxylic acids is 4. The van der Waals surface area contributed by atoms with E-state index < -0.39 is 24.3 Å². The lowest BCUT2D eigenvalue weighted by atomic mass is 10.0. The molecule has 2 atom stereocenters. The number of amides is 4. The largest absolute Gasteiger partial charge is 0.453 e. The molecule has 0 spiro atoms. The van der Waals surface area contributed by atoms with Crippen LogP contribution in [0.25, 0.3) is 22.5 Å². The van der Waals surface area contributed by atoms with Gasteiger partial charge < -0.3 is 39.9 Å². The van der Waals surface area contributed by atoms with Crippen LogP contribution >= 0.6 is 0 Å². The Kier molecular flexibility index (Phi) is 13.4. The van der Waals surface area contributed by atoms with Crippen molar-refractivity contribution in [1.82, 2.24) is 40.4 Å². The molecule has 60 heavy (non-hydrogen) atoms. The van der Waals surface area contributed by atoms with Crippen LogP contribution in [0.1, 0.15) is 90.0 Å². The number of methoxy groups -OCH3 is 2. The molecule has 0 saturated heterocycles. The van der Waals surface area contributed by atoms with E-state index >= 15 is 0 Å². The first-order chi connectivity index (χ1) is 28.6. The second kappa shape index (κ2) is 18.4. The van der Waals surface area contributed by atoms with Crippen LogP contribution in [-0.2, 0) is 32.2 Å². The maximum atomic E-state index is 13.7. The lowest BCUT2D eigenvalue weighted by Crippen LogP contribution is -2.52. The van der Waals surface area contributed by atoms with Crippen molar-refractivity contribution in [1.29, 1.82) is 0 Å². The number of aromatic nitrogens is 4. The quantitative estimate of drug-likeness (QED) is 0.0885. The third-order valence-electron chi connectivity index (χ3n) is 11.4. The number of nitrogens with zero attached hydrogens (tertiary/aromatic N) is 4. The summed E-state index contributed by atoms with van der Waals surface area (Å²) in [5.41, 5.74) is 5.36. The van der Waals surface area contributed by atoms with Crippen LogP contribution in [0.15, 0.2) is 60.9 Å². The summed E-state index contributed by atoms with van der Waals surface area (Å²) in [7, 11) is 2.58. The molecule has 6 rings (SSSR count). The molecule has 0 aliphatic heterocycles. The molecule has 14 heteroatoms. The van der Waals surface area contributed by atoms with Gasteiger partial charge in [0.1, 0.15) is 23.7 Å². The van der Waals surface area contributed by atoms with Gasteiger partial charge in [0, 0.05) is 24.2 Å². The molecule has 0 radical (unpaired) electrons. The van der Waals surface area contributed by atoms with Gasteiger partial charge in [-0.05, 0) is 83.7 Å². The molecular weight excluding hydrogens is 761 g/mol. The predicted octanol–water partition coefficient (Wildman–Crippen LogP) is 6.89. The van der Waals surface area contributed by atoms with Gasteiger partial charge in [-0.3, -0.25) is 9.59 Å². The van der Waals surface area contributed by atoms with Gasteiger partial charge in [-0.1, -0.05) is 77.6 Å². The van der Waals surface area contributed by atoms with E-state index in [0.717, 1.165) is 59.3 Å². The summed E-state index contributed by atoms with van der Waals surface area (Å²) in [4.78, 5) is 71.1. The molecule has 2 saturated carbocycles. The molecular formula is C46H58N8O6. The molecule has 2 heterocycles. The highest BCUT2D eigenvalue weighted by molar-refractivity contribution is 5.86. The summed E-state index contributed by atoms with van der Waals surface area (Å²) in [6.07, 6.45) is 6.48. The second-order valence-corrected chi connectivity index (χ2v) is 17.6. The monoisotopic (exact) mass is 818 g/mol. The van der Waals surface area contributed by atoms with Crippen LogP contribution in [0, 0.1) is 34.5 Å². The summed E-state index contributed by atoms with van der Waals surface area (Å²) in [5.74, 6) is 7.25. The maximum Gasteiger partial charge on any atom is 0.407 e. The number of rotatable bonds is 16. The van der Waals surface area contributed by atoms with E-state index in [2.05, 4.69) is 56.3 Å². The van der Waals surface area contributed by atoms with Crippen LogP contribution in [0.4, 0.5) is 9.59 Å². The van der Waals surface area contributed by atoms with Crippen molar-refractivity contribution in [2.75, 3.05) is 27.3 Å². The third-order valence-corrected chi connectivity index (χ3v) is 11.4. The molecule has 2 unspecified atom stereocenters. The summed E-state index contributed by atoms with van der Waals surface area (Å²) in [6, 6.07) is 14.4. The average molecular weight is 819 g/mol. The summed E-state index contributed by atoms with van der Waals surface area (Å²) >= 11 is 0. The first-order valence-corrected chi connectivity index (χ1v) is 20.6. The van der Waals surface area contributed by atoms with Gasteiger partial charge in [0.15, 0.2) is 0 Å². The molecule has 4 amide bonds. The Morgan fingerprint density at radius 1 is 0.650 bits per heavy atom. The number of benzene rings is 2. The van der Waals surface area contributed by atoms with Crippen molar-refractivity contribution in [2.45, 2.75) is 92.4 Å². The molecule has 2 aromatic carbocycles. The molecule has 4 aromatic rings. The topological polar surface area (TPSA) is 175 Å². The molecule has 2 fully saturated rings. The Morgan fingerprint density at radius 3 is 1.30 bits per heavy atom. The molecule has 2 aromatic heterocycles. The average Bonchev–Trinajstić information content (AvgIpc) is 4.00. The maximum absolute atomic E-state index is 13.7. The van der Waals surface area contributed by atoms with E-state index in [9.17, 15) is 19.2 Å². The van der Waals surface area contributed by atoms with Crippen molar-refractivity contribution in [3.05, 3.63) is 83.7 Å². The van der Waals surface area contributed by atoms with Gasteiger partial charge in [0.05, 0.1) is 51.1 Å². The number of nitrogens with one attached hydrogen (secondary N) is 4. The van der Waals surface area contributed by atoms with Crippen LogP contribution < -0.4 is 10.6 Å². The number of hydrogen-bond donors (Lipinski definition) is 4. The second-order valence-electron chi connectivity index (χ2n) is 17.6. The number of ether oxygens (including phenoxy) is 2. The van der Waals surface area contributed by atoms with Gasteiger partial charge in [0.2, 0.25) is 11.8 Å². The van der Waals surface area contributed by atoms with Crippen molar-refractivity contribution in [3.8, 4) is 34.4 Å². The van der Waals surface area contributed by atoms with Gasteiger partial charge >= 0.3 is 12.2 Å². The smallest absolute Gasteiger partial charge is 0.407 e. The zero-order valence-electron chi connectivity index (χ0n) is 36.0. The fourth-order valence-corrected chi connectivity index (χ4v) is 7.03. The summed E-state index contributed by atoms with van der Waals surface area (Å²) in [6.45, 7) is 13.7. The highest BCUT2D eigenvalue weighted by Crippen LogP contribution is 2.46. The zero-order chi connectivity index (χ0) is 43.2. The predicted molar refractivity (Wildman–Crippen MR) is 228 cm³/mol.